The molecule has 0 aliphatic carbocycles. The van der Waals surface area contributed by atoms with Crippen molar-refractivity contribution in [3.05, 3.63) is 29.8 Å². The monoisotopic (exact) mass is 290 g/mol. The number of hydrogen-bond donors (Lipinski definition) is 0. The second-order valence-corrected chi connectivity index (χ2v) is 5.33. The van der Waals surface area contributed by atoms with E-state index in [0.717, 1.165) is 11.3 Å². The Morgan fingerprint density at radius 3 is 2.76 bits per heavy atom. The highest BCUT2D eigenvalue weighted by molar-refractivity contribution is 5.88. The van der Waals surface area contributed by atoms with Crippen molar-refractivity contribution >= 4 is 11.8 Å². The van der Waals surface area contributed by atoms with E-state index in [-0.39, 0.29) is 17.9 Å². The molecule has 1 fully saturated rings. The number of amides is 2. The predicted molar refractivity (Wildman–Crippen MR) is 80.1 cm³/mol. The Bertz CT molecular complexity index is 530. The van der Waals surface area contributed by atoms with E-state index in [1.165, 1.54) is 0 Å². The Morgan fingerprint density at radius 1 is 1.33 bits per heavy atom. The standard InChI is InChI=1S/C16H22N2O3/c1-12-16(20)17(2)10-11-18(12)15(19)9-8-13-6-4-5-7-14(13)21-3/h4-7,12H,8-11H2,1-3H3. The summed E-state index contributed by atoms with van der Waals surface area (Å²) in [7, 11) is 3.40. The molecule has 0 N–H and O–H groups in total. The molecule has 1 atom stereocenters. The van der Waals surface area contributed by atoms with Crippen LogP contribution < -0.4 is 4.74 Å². The first kappa shape index (κ1) is 15.4. The Morgan fingerprint density at radius 2 is 2.05 bits per heavy atom. The average molecular weight is 290 g/mol. The Balaban J connectivity index is 1.97. The Kier molecular flexibility index (Phi) is 4.83. The lowest BCUT2D eigenvalue weighted by atomic mass is 10.1. The number of carbonyl (C=O) groups excluding carboxylic acids is 2. The molecule has 1 unspecified atom stereocenters. The number of rotatable bonds is 4. The zero-order chi connectivity index (χ0) is 15.4. The topological polar surface area (TPSA) is 49.9 Å². The number of hydrogen-bond acceptors (Lipinski definition) is 3. The lowest BCUT2D eigenvalue weighted by molar-refractivity contribution is -0.149. The summed E-state index contributed by atoms with van der Waals surface area (Å²) in [6.45, 7) is 3.00. The maximum atomic E-state index is 12.3. The van der Waals surface area contributed by atoms with Gasteiger partial charge in [-0.15, -0.1) is 0 Å². The van der Waals surface area contributed by atoms with Crippen molar-refractivity contribution in [2.24, 2.45) is 0 Å². The van der Waals surface area contributed by atoms with E-state index in [0.29, 0.717) is 25.9 Å². The number of methoxy groups -OCH3 is 1. The molecule has 21 heavy (non-hydrogen) atoms. The first-order chi connectivity index (χ1) is 10.0. The zero-order valence-corrected chi connectivity index (χ0v) is 12.8. The molecule has 2 rings (SSSR count). The predicted octanol–water partition coefficient (Wildman–Crippen LogP) is 1.32. The smallest absolute Gasteiger partial charge is 0.244 e. The van der Waals surface area contributed by atoms with Gasteiger partial charge >= 0.3 is 0 Å². The van der Waals surface area contributed by atoms with E-state index in [1.54, 1.807) is 30.9 Å². The van der Waals surface area contributed by atoms with Gasteiger partial charge in [0.25, 0.3) is 0 Å². The van der Waals surface area contributed by atoms with Gasteiger partial charge in [0.05, 0.1) is 7.11 Å². The van der Waals surface area contributed by atoms with E-state index in [4.69, 9.17) is 4.74 Å². The number of benzene rings is 1. The van der Waals surface area contributed by atoms with Crippen molar-refractivity contribution in [2.45, 2.75) is 25.8 Å². The molecule has 0 bridgehead atoms. The minimum absolute atomic E-state index is 0.00638. The molecule has 1 heterocycles. The summed E-state index contributed by atoms with van der Waals surface area (Å²) in [4.78, 5) is 27.6. The maximum absolute atomic E-state index is 12.3. The van der Waals surface area contributed by atoms with Crippen molar-refractivity contribution in [3.8, 4) is 5.75 Å². The third-order valence-corrected chi connectivity index (χ3v) is 4.00. The number of piperazine rings is 1. The number of para-hydroxylation sites is 1. The van der Waals surface area contributed by atoms with Gasteiger partial charge in [0.15, 0.2) is 0 Å². The SMILES string of the molecule is COc1ccccc1CCC(=O)N1CCN(C)C(=O)C1C. The number of carbonyl (C=O) groups is 2. The van der Waals surface area contributed by atoms with Crippen LogP contribution in [0, 0.1) is 0 Å². The van der Waals surface area contributed by atoms with Gasteiger partial charge in [-0.05, 0) is 25.0 Å². The van der Waals surface area contributed by atoms with Gasteiger partial charge in [0.2, 0.25) is 11.8 Å². The fraction of sp³-hybridized carbons (Fsp3) is 0.500. The van der Waals surface area contributed by atoms with Crippen LogP contribution in [-0.2, 0) is 16.0 Å². The quantitative estimate of drug-likeness (QED) is 0.840. The van der Waals surface area contributed by atoms with Crippen molar-refractivity contribution in [2.75, 3.05) is 27.2 Å². The third-order valence-electron chi connectivity index (χ3n) is 4.00. The summed E-state index contributed by atoms with van der Waals surface area (Å²) in [6, 6.07) is 7.33. The lowest BCUT2D eigenvalue weighted by Crippen LogP contribution is -2.56. The molecule has 0 saturated carbocycles. The van der Waals surface area contributed by atoms with Gasteiger partial charge in [0, 0.05) is 26.6 Å². The Labute approximate surface area is 125 Å². The summed E-state index contributed by atoms with van der Waals surface area (Å²) in [5.41, 5.74) is 1.02. The van der Waals surface area contributed by atoms with E-state index >= 15 is 0 Å². The van der Waals surface area contributed by atoms with Crippen molar-refractivity contribution < 1.29 is 14.3 Å². The van der Waals surface area contributed by atoms with Crippen LogP contribution in [0.4, 0.5) is 0 Å². The highest BCUT2D eigenvalue weighted by Crippen LogP contribution is 2.20. The molecular weight excluding hydrogens is 268 g/mol. The first-order valence-electron chi connectivity index (χ1n) is 7.21. The van der Waals surface area contributed by atoms with Gasteiger partial charge in [0.1, 0.15) is 11.8 Å². The van der Waals surface area contributed by atoms with Crippen molar-refractivity contribution in [3.63, 3.8) is 0 Å². The lowest BCUT2D eigenvalue weighted by Gasteiger charge is -2.37. The molecule has 1 aliphatic heterocycles. The molecule has 5 nitrogen and oxygen atoms in total. The van der Waals surface area contributed by atoms with Crippen molar-refractivity contribution in [1.29, 1.82) is 0 Å². The summed E-state index contributed by atoms with van der Waals surface area (Å²) < 4.78 is 5.29. The van der Waals surface area contributed by atoms with Crippen LogP contribution in [-0.4, -0.2) is 54.9 Å². The molecule has 0 spiro atoms. The number of aryl methyl sites for hydroxylation is 1. The van der Waals surface area contributed by atoms with E-state index in [2.05, 4.69) is 0 Å². The first-order valence-corrected chi connectivity index (χ1v) is 7.21. The van der Waals surface area contributed by atoms with Crippen LogP contribution in [0.1, 0.15) is 18.9 Å². The molecule has 0 aromatic heterocycles. The van der Waals surface area contributed by atoms with Gasteiger partial charge in [-0.1, -0.05) is 18.2 Å². The minimum atomic E-state index is -0.367. The van der Waals surface area contributed by atoms with Gasteiger partial charge in [-0.3, -0.25) is 9.59 Å². The van der Waals surface area contributed by atoms with Crippen LogP contribution in [0.15, 0.2) is 24.3 Å². The van der Waals surface area contributed by atoms with E-state index in [1.807, 2.05) is 24.3 Å². The second kappa shape index (κ2) is 6.61. The van der Waals surface area contributed by atoms with Crippen LogP contribution >= 0.6 is 0 Å². The molecule has 2 amide bonds. The summed E-state index contributed by atoms with van der Waals surface area (Å²) in [5.74, 6) is 0.828. The normalized spacial score (nSPS) is 18.8. The van der Waals surface area contributed by atoms with Gasteiger partial charge in [-0.25, -0.2) is 0 Å². The summed E-state index contributed by atoms with van der Waals surface area (Å²) in [5, 5.41) is 0. The number of ether oxygens (including phenoxy) is 1. The van der Waals surface area contributed by atoms with Gasteiger partial charge in [-0.2, -0.15) is 0 Å². The van der Waals surface area contributed by atoms with E-state index < -0.39 is 0 Å². The molecule has 1 aromatic rings. The maximum Gasteiger partial charge on any atom is 0.244 e. The fourth-order valence-electron chi connectivity index (χ4n) is 2.65. The number of likely N-dealkylation sites (N-methyl/N-ethyl adjacent to an activating group) is 1. The molecular formula is C16H22N2O3. The highest BCUT2D eigenvalue weighted by atomic mass is 16.5. The van der Waals surface area contributed by atoms with Crippen LogP contribution in [0.25, 0.3) is 0 Å². The minimum Gasteiger partial charge on any atom is -0.496 e. The van der Waals surface area contributed by atoms with Crippen LogP contribution in [0.5, 0.6) is 5.75 Å². The summed E-state index contributed by atoms with van der Waals surface area (Å²) >= 11 is 0. The molecule has 0 radical (unpaired) electrons. The molecule has 114 valence electrons. The van der Waals surface area contributed by atoms with Crippen LogP contribution in [0.3, 0.4) is 0 Å². The van der Waals surface area contributed by atoms with Crippen molar-refractivity contribution in [1.82, 2.24) is 9.80 Å². The van der Waals surface area contributed by atoms with Gasteiger partial charge < -0.3 is 14.5 Å². The number of nitrogens with zero attached hydrogens (tertiary/aromatic N) is 2. The largest absolute Gasteiger partial charge is 0.496 e. The highest BCUT2D eigenvalue weighted by Gasteiger charge is 2.32. The zero-order valence-electron chi connectivity index (χ0n) is 12.8. The van der Waals surface area contributed by atoms with E-state index in [9.17, 15) is 9.59 Å². The second-order valence-electron chi connectivity index (χ2n) is 5.33. The average Bonchev–Trinajstić information content (AvgIpc) is 2.50. The summed E-state index contributed by atoms with van der Waals surface area (Å²) in [6.07, 6.45) is 1.01. The molecule has 1 aromatic carbocycles. The fourth-order valence-corrected chi connectivity index (χ4v) is 2.65. The third kappa shape index (κ3) is 3.35. The molecule has 5 heteroatoms. The van der Waals surface area contributed by atoms with Crippen LogP contribution in [0.2, 0.25) is 0 Å². The molecule has 1 aliphatic rings. The molecule has 1 saturated heterocycles. The Hall–Kier alpha value is -2.04.